The van der Waals surface area contributed by atoms with Crippen LogP contribution in [0.2, 0.25) is 0 Å². The molecule has 0 bridgehead atoms. The fourth-order valence-corrected chi connectivity index (χ4v) is 1.38. The molecule has 0 aliphatic heterocycles. The number of rotatable bonds is 4. The van der Waals surface area contributed by atoms with E-state index in [0.717, 1.165) is 0 Å². The Morgan fingerprint density at radius 3 is 0.720 bits per heavy atom. The molecular weight excluding hydrogens is 412 g/mol. The Bertz CT molecular complexity index is 519. The summed E-state index contributed by atoms with van der Waals surface area (Å²) in [5.74, 6) is -18.2. The lowest BCUT2D eigenvalue weighted by Gasteiger charge is -2.40. The molecule has 0 aliphatic carbocycles. The van der Waals surface area contributed by atoms with Gasteiger partial charge in [0.1, 0.15) is 0 Å². The Balaban J connectivity index is 7.25. The number of allylic oxidation sites excluding steroid dienone is 2. The van der Waals surface area contributed by atoms with Crippen LogP contribution in [0.15, 0.2) is 23.8 Å². The lowest BCUT2D eigenvalue weighted by Crippen LogP contribution is -2.69. The summed E-state index contributed by atoms with van der Waals surface area (Å²) in [5, 5.41) is 0. The minimum atomic E-state index is -8.22. The van der Waals surface area contributed by atoms with Gasteiger partial charge in [-0.05, 0) is 0 Å². The second kappa shape index (κ2) is 6.26. The lowest BCUT2D eigenvalue weighted by atomic mass is 9.81. The van der Waals surface area contributed by atoms with E-state index in [4.69, 9.17) is 0 Å². The van der Waals surface area contributed by atoms with Crippen LogP contribution < -0.4 is 0 Å². The van der Waals surface area contributed by atoms with Crippen molar-refractivity contribution in [1.82, 2.24) is 0 Å². The van der Waals surface area contributed by atoms with Crippen molar-refractivity contribution in [2.24, 2.45) is 0 Å². The Kier molecular flexibility index (Phi) is 5.85. The SMILES string of the molecule is FC(F)=C(F)C(F)(C(F)(F)F)C(F)(F)C(F)(C(F)=C(F)F)C(F)(F)F. The van der Waals surface area contributed by atoms with E-state index in [1.54, 1.807) is 0 Å². The molecule has 0 aromatic rings. The Morgan fingerprint density at radius 1 is 0.400 bits per heavy atom. The van der Waals surface area contributed by atoms with E-state index in [0.29, 0.717) is 0 Å². The third kappa shape index (κ3) is 3.14. The molecule has 0 aliphatic rings. The maximum Gasteiger partial charge on any atom is 0.435 e. The molecule has 2 atom stereocenters. The van der Waals surface area contributed by atoms with Crippen molar-refractivity contribution in [3.8, 4) is 0 Å². The molecule has 0 aromatic carbocycles. The molecule has 0 saturated heterocycles. The van der Waals surface area contributed by atoms with Crippen LogP contribution in [-0.4, -0.2) is 29.6 Å². The molecule has 0 rings (SSSR count). The van der Waals surface area contributed by atoms with E-state index in [9.17, 15) is 70.2 Å². The van der Waals surface area contributed by atoms with Gasteiger partial charge in [-0.2, -0.15) is 52.7 Å². The van der Waals surface area contributed by atoms with E-state index < -0.39 is 53.4 Å². The van der Waals surface area contributed by atoms with E-state index in [-0.39, 0.29) is 0 Å². The van der Waals surface area contributed by atoms with Crippen LogP contribution in [0.5, 0.6) is 0 Å². The smallest absolute Gasteiger partial charge is 0.219 e. The van der Waals surface area contributed by atoms with Gasteiger partial charge in [0.15, 0.2) is 0 Å². The van der Waals surface area contributed by atoms with Crippen molar-refractivity contribution in [3.63, 3.8) is 0 Å². The van der Waals surface area contributed by atoms with Crippen molar-refractivity contribution in [2.75, 3.05) is 0 Å². The summed E-state index contributed by atoms with van der Waals surface area (Å²) in [4.78, 5) is 0. The Morgan fingerprint density at radius 2 is 0.600 bits per heavy atom. The summed E-state index contributed by atoms with van der Waals surface area (Å²) < 4.78 is 200. The number of hydrogen-bond acceptors (Lipinski definition) is 0. The number of alkyl halides is 10. The van der Waals surface area contributed by atoms with Gasteiger partial charge in [0.25, 0.3) is 0 Å². The number of halogens is 16. The summed E-state index contributed by atoms with van der Waals surface area (Å²) in [6.45, 7) is 0. The molecule has 2 unspecified atom stereocenters. The van der Waals surface area contributed by atoms with Gasteiger partial charge >= 0.3 is 41.8 Å². The minimum absolute atomic E-state index is 4.63. The first-order chi connectivity index (χ1) is 10.7. The molecule has 0 heterocycles. The molecule has 148 valence electrons. The first-order valence-electron chi connectivity index (χ1n) is 5.02. The summed E-state index contributed by atoms with van der Waals surface area (Å²) in [6, 6.07) is 0. The second-order valence-corrected chi connectivity index (χ2v) is 4.04. The van der Waals surface area contributed by atoms with E-state index in [1.807, 2.05) is 0 Å². The van der Waals surface area contributed by atoms with E-state index in [2.05, 4.69) is 0 Å². The van der Waals surface area contributed by atoms with E-state index in [1.165, 1.54) is 0 Å². The van der Waals surface area contributed by atoms with Gasteiger partial charge in [0.2, 0.25) is 11.7 Å². The van der Waals surface area contributed by atoms with Crippen LogP contribution in [-0.2, 0) is 0 Å². The first kappa shape index (κ1) is 23.4. The van der Waals surface area contributed by atoms with Gasteiger partial charge in [0, 0.05) is 0 Å². The monoisotopic (exact) mass is 412 g/mol. The highest BCUT2D eigenvalue weighted by atomic mass is 19.4. The molecule has 0 aromatic heterocycles. The molecule has 0 saturated carbocycles. The molecule has 25 heavy (non-hydrogen) atoms. The van der Waals surface area contributed by atoms with Crippen molar-refractivity contribution in [1.29, 1.82) is 0 Å². The summed E-state index contributed by atoms with van der Waals surface area (Å²) >= 11 is 0. The van der Waals surface area contributed by atoms with Crippen LogP contribution in [0.25, 0.3) is 0 Å². The molecule has 0 spiro atoms. The average molecular weight is 412 g/mol. The van der Waals surface area contributed by atoms with Crippen LogP contribution in [0.1, 0.15) is 0 Å². The highest BCUT2D eigenvalue weighted by Gasteiger charge is 2.89. The largest absolute Gasteiger partial charge is 0.435 e. The summed E-state index contributed by atoms with van der Waals surface area (Å²) in [5.41, 5.74) is -15.7. The maximum atomic E-state index is 13.4. The Hall–Kier alpha value is -1.64. The van der Waals surface area contributed by atoms with Gasteiger partial charge in [-0.1, -0.05) is 0 Å². The quantitative estimate of drug-likeness (QED) is 0.475. The van der Waals surface area contributed by atoms with Crippen LogP contribution in [0, 0.1) is 0 Å². The molecule has 0 N–H and O–H groups in total. The van der Waals surface area contributed by atoms with Crippen LogP contribution in [0.4, 0.5) is 70.2 Å². The van der Waals surface area contributed by atoms with Crippen LogP contribution in [0.3, 0.4) is 0 Å². The van der Waals surface area contributed by atoms with Gasteiger partial charge in [-0.15, -0.1) is 0 Å². The summed E-state index contributed by atoms with van der Waals surface area (Å²) in [6.07, 6.45) is -24.8. The standard InChI is InChI=1S/C9F16/c10-1(3(12)13)5(16,8(20,21)22)7(18,19)6(17,9(23,24)25)2(11)4(14)15. The third-order valence-electron chi connectivity index (χ3n) is 2.58. The normalized spacial score (nSPS) is 18.2. The zero-order valence-electron chi connectivity index (χ0n) is 10.5. The first-order valence-corrected chi connectivity index (χ1v) is 5.02. The van der Waals surface area contributed by atoms with Gasteiger partial charge in [-0.3, -0.25) is 0 Å². The molecule has 16 heteroatoms. The highest BCUT2D eigenvalue weighted by Crippen LogP contribution is 2.62. The topological polar surface area (TPSA) is 0 Å². The van der Waals surface area contributed by atoms with Gasteiger partial charge in [-0.25, -0.2) is 17.6 Å². The van der Waals surface area contributed by atoms with Crippen molar-refractivity contribution in [2.45, 2.75) is 29.6 Å². The zero-order valence-corrected chi connectivity index (χ0v) is 10.5. The molecular formula is C9F16. The van der Waals surface area contributed by atoms with Gasteiger partial charge < -0.3 is 0 Å². The van der Waals surface area contributed by atoms with Gasteiger partial charge in [0.05, 0.1) is 0 Å². The van der Waals surface area contributed by atoms with E-state index >= 15 is 0 Å². The Labute approximate surface area is 125 Å². The lowest BCUT2D eigenvalue weighted by molar-refractivity contribution is -0.365. The predicted molar refractivity (Wildman–Crippen MR) is 45.4 cm³/mol. The predicted octanol–water partition coefficient (Wildman–Crippen LogP) is 6.32. The van der Waals surface area contributed by atoms with Crippen LogP contribution >= 0.6 is 0 Å². The fraction of sp³-hybridized carbons (Fsp3) is 0.556. The highest BCUT2D eigenvalue weighted by molar-refractivity contribution is 5.32. The number of hydrogen-bond donors (Lipinski definition) is 0. The van der Waals surface area contributed by atoms with Crippen molar-refractivity contribution >= 4 is 0 Å². The summed E-state index contributed by atoms with van der Waals surface area (Å²) in [7, 11) is 0. The second-order valence-electron chi connectivity index (χ2n) is 4.04. The molecule has 0 amide bonds. The molecule has 0 fully saturated rings. The van der Waals surface area contributed by atoms with Crippen molar-refractivity contribution < 1.29 is 70.2 Å². The maximum absolute atomic E-state index is 13.4. The fourth-order valence-electron chi connectivity index (χ4n) is 1.38. The molecule has 0 radical (unpaired) electrons. The minimum Gasteiger partial charge on any atom is -0.219 e. The zero-order chi connectivity index (χ0) is 20.8. The van der Waals surface area contributed by atoms with Crippen molar-refractivity contribution in [3.05, 3.63) is 23.8 Å². The molecule has 0 nitrogen and oxygen atoms in total. The average Bonchev–Trinajstić information content (AvgIpc) is 2.40. The third-order valence-corrected chi connectivity index (χ3v) is 2.58.